The number of ketones is 2. The third-order valence-electron chi connectivity index (χ3n) is 5.97. The number of carbonyl (C=O) groups is 2. The first-order chi connectivity index (χ1) is 15.1. The molecule has 1 heterocycles. The lowest BCUT2D eigenvalue weighted by atomic mass is 9.86. The van der Waals surface area contributed by atoms with Gasteiger partial charge >= 0.3 is 0 Å². The minimum atomic E-state index is -0.417. The van der Waals surface area contributed by atoms with Gasteiger partial charge in [-0.25, -0.2) is 0 Å². The Labute approximate surface area is 182 Å². The van der Waals surface area contributed by atoms with Gasteiger partial charge in [0.25, 0.3) is 0 Å². The van der Waals surface area contributed by atoms with Gasteiger partial charge in [-0.2, -0.15) is 0 Å². The van der Waals surface area contributed by atoms with Crippen molar-refractivity contribution in [3.05, 3.63) is 64.7 Å². The van der Waals surface area contributed by atoms with Crippen molar-refractivity contribution in [3.8, 4) is 11.5 Å². The van der Waals surface area contributed by atoms with Gasteiger partial charge in [0.15, 0.2) is 11.5 Å². The van der Waals surface area contributed by atoms with Crippen LogP contribution in [0.25, 0.3) is 5.70 Å². The molecule has 0 atom stereocenters. The van der Waals surface area contributed by atoms with Crippen LogP contribution in [0.2, 0.25) is 0 Å². The van der Waals surface area contributed by atoms with Crippen molar-refractivity contribution in [2.24, 2.45) is 0 Å². The van der Waals surface area contributed by atoms with Gasteiger partial charge in [0.2, 0.25) is 11.6 Å². The van der Waals surface area contributed by atoms with Gasteiger partial charge in [0, 0.05) is 29.8 Å². The van der Waals surface area contributed by atoms with E-state index in [1.807, 2.05) is 30.3 Å². The number of nitrogens with zero attached hydrogens (tertiary/aromatic N) is 1. The van der Waals surface area contributed by atoms with Crippen LogP contribution >= 0.6 is 0 Å². The fourth-order valence-corrected chi connectivity index (χ4v) is 4.31. The summed E-state index contributed by atoms with van der Waals surface area (Å²) in [5.41, 5.74) is 3.56. The van der Waals surface area contributed by atoms with Crippen molar-refractivity contribution in [2.45, 2.75) is 25.8 Å². The molecule has 2 aromatic carbocycles. The number of Topliss-reactive ketones (excluding diaryl/α,β-unsaturated/α-hetero) is 2. The first kappa shape index (κ1) is 21.1. The highest BCUT2D eigenvalue weighted by Crippen LogP contribution is 2.31. The van der Waals surface area contributed by atoms with Crippen molar-refractivity contribution < 1.29 is 19.1 Å². The van der Waals surface area contributed by atoms with E-state index in [-0.39, 0.29) is 0 Å². The predicted molar refractivity (Wildman–Crippen MR) is 119 cm³/mol. The Morgan fingerprint density at radius 3 is 2.29 bits per heavy atom. The molecule has 0 amide bonds. The standard InChI is InChI=1S/C25H28N2O4/c1-30-21-11-10-17(14-22(21)31-2)15-26-23-18-8-4-5-9-19(18)24(28)25(29)20(23)16-27-12-6-3-7-13-27/h4-5,8-11,14,26H,3,6-7,12-13,15-16H2,1-2H3. The molecule has 1 aliphatic carbocycles. The van der Waals surface area contributed by atoms with Crippen LogP contribution in [0.4, 0.5) is 0 Å². The van der Waals surface area contributed by atoms with Crippen LogP contribution in [0.3, 0.4) is 0 Å². The molecule has 6 heteroatoms. The smallest absolute Gasteiger partial charge is 0.233 e. The molecule has 0 bridgehead atoms. The number of likely N-dealkylation sites (tertiary alicyclic amines) is 1. The molecule has 4 rings (SSSR count). The Hall–Kier alpha value is -3.12. The second-order valence-corrected chi connectivity index (χ2v) is 7.94. The largest absolute Gasteiger partial charge is 0.493 e. The number of piperidine rings is 1. The van der Waals surface area contributed by atoms with Crippen molar-refractivity contribution in [2.75, 3.05) is 33.9 Å². The summed E-state index contributed by atoms with van der Waals surface area (Å²) in [6.07, 6.45) is 3.47. The maximum Gasteiger partial charge on any atom is 0.233 e. The minimum absolute atomic E-state index is 0.404. The van der Waals surface area contributed by atoms with E-state index in [2.05, 4.69) is 10.2 Å². The molecule has 0 unspecified atom stereocenters. The number of nitrogens with one attached hydrogen (secondary N) is 1. The van der Waals surface area contributed by atoms with Crippen LogP contribution in [-0.2, 0) is 11.3 Å². The quantitative estimate of drug-likeness (QED) is 0.692. The fraction of sp³-hybridized carbons (Fsp3) is 0.360. The molecule has 1 aliphatic heterocycles. The van der Waals surface area contributed by atoms with Crippen LogP contribution in [0.15, 0.2) is 48.0 Å². The van der Waals surface area contributed by atoms with Gasteiger partial charge in [-0.15, -0.1) is 0 Å². The average Bonchev–Trinajstić information content (AvgIpc) is 2.82. The molecule has 0 spiro atoms. The van der Waals surface area contributed by atoms with E-state index < -0.39 is 11.6 Å². The lowest BCUT2D eigenvalue weighted by Gasteiger charge is -2.30. The first-order valence-electron chi connectivity index (χ1n) is 10.7. The van der Waals surface area contributed by atoms with Gasteiger partial charge < -0.3 is 14.8 Å². The highest BCUT2D eigenvalue weighted by atomic mass is 16.5. The normalized spacial score (nSPS) is 16.8. The minimum Gasteiger partial charge on any atom is -0.493 e. The summed E-state index contributed by atoms with van der Waals surface area (Å²) in [7, 11) is 3.21. The molecule has 31 heavy (non-hydrogen) atoms. The summed E-state index contributed by atoms with van der Waals surface area (Å²) in [5.74, 6) is 0.498. The maximum atomic E-state index is 13.1. The molecule has 0 aromatic heterocycles. The molecule has 2 aliphatic rings. The lowest BCUT2D eigenvalue weighted by molar-refractivity contribution is -0.112. The van der Waals surface area contributed by atoms with Gasteiger partial charge in [0.05, 0.1) is 19.9 Å². The van der Waals surface area contributed by atoms with E-state index in [1.54, 1.807) is 26.4 Å². The number of hydrogen-bond acceptors (Lipinski definition) is 6. The third-order valence-corrected chi connectivity index (χ3v) is 5.97. The first-order valence-corrected chi connectivity index (χ1v) is 10.7. The van der Waals surface area contributed by atoms with E-state index in [9.17, 15) is 9.59 Å². The summed E-state index contributed by atoms with van der Waals surface area (Å²) < 4.78 is 10.7. The van der Waals surface area contributed by atoms with Crippen molar-refractivity contribution in [1.82, 2.24) is 10.2 Å². The number of ether oxygens (including phenoxy) is 2. The molecule has 0 saturated carbocycles. The van der Waals surface area contributed by atoms with Gasteiger partial charge in [0.1, 0.15) is 0 Å². The Balaban J connectivity index is 1.67. The number of hydrogen-bond donors (Lipinski definition) is 1. The molecule has 1 saturated heterocycles. The van der Waals surface area contributed by atoms with Crippen LogP contribution in [0, 0.1) is 0 Å². The van der Waals surface area contributed by atoms with E-state index in [0.29, 0.717) is 35.7 Å². The molecule has 2 aromatic rings. The second-order valence-electron chi connectivity index (χ2n) is 7.94. The Bertz CT molecular complexity index is 1020. The molecular formula is C25H28N2O4. The van der Waals surface area contributed by atoms with Crippen LogP contribution in [0.1, 0.15) is 40.7 Å². The fourth-order valence-electron chi connectivity index (χ4n) is 4.31. The molecule has 0 radical (unpaired) electrons. The number of methoxy groups -OCH3 is 2. The van der Waals surface area contributed by atoms with Gasteiger partial charge in [-0.3, -0.25) is 14.5 Å². The Kier molecular flexibility index (Phi) is 6.37. The summed E-state index contributed by atoms with van der Waals surface area (Å²) in [5, 5.41) is 3.46. The molecule has 162 valence electrons. The maximum absolute atomic E-state index is 13.1. The SMILES string of the molecule is COc1ccc(CNC2=C(CN3CCCCC3)C(=O)C(=O)c3ccccc32)cc1OC. The summed E-state index contributed by atoms with van der Waals surface area (Å²) in [6, 6.07) is 13.1. The van der Waals surface area contributed by atoms with E-state index in [4.69, 9.17) is 9.47 Å². The third kappa shape index (κ3) is 4.35. The Morgan fingerprint density at radius 1 is 0.871 bits per heavy atom. The zero-order valence-electron chi connectivity index (χ0n) is 18.1. The Morgan fingerprint density at radius 2 is 1.58 bits per heavy atom. The van der Waals surface area contributed by atoms with Gasteiger partial charge in [-0.05, 0) is 43.6 Å². The van der Waals surface area contributed by atoms with Crippen LogP contribution in [-0.4, -0.2) is 50.3 Å². The zero-order chi connectivity index (χ0) is 21.8. The van der Waals surface area contributed by atoms with Crippen LogP contribution in [0.5, 0.6) is 11.5 Å². The highest BCUT2D eigenvalue weighted by Gasteiger charge is 2.33. The summed E-state index contributed by atoms with van der Waals surface area (Å²) in [4.78, 5) is 28.1. The van der Waals surface area contributed by atoms with E-state index >= 15 is 0 Å². The molecule has 1 fully saturated rings. The average molecular weight is 421 g/mol. The topological polar surface area (TPSA) is 67.9 Å². The number of carbonyl (C=O) groups excluding carboxylic acids is 2. The number of rotatable bonds is 7. The van der Waals surface area contributed by atoms with Gasteiger partial charge in [-0.1, -0.05) is 36.8 Å². The lowest BCUT2D eigenvalue weighted by Crippen LogP contribution is -2.38. The summed E-state index contributed by atoms with van der Waals surface area (Å²) >= 11 is 0. The van der Waals surface area contributed by atoms with Crippen molar-refractivity contribution in [3.63, 3.8) is 0 Å². The monoisotopic (exact) mass is 420 g/mol. The van der Waals surface area contributed by atoms with Crippen LogP contribution < -0.4 is 14.8 Å². The number of benzene rings is 2. The van der Waals surface area contributed by atoms with Crippen molar-refractivity contribution in [1.29, 1.82) is 0 Å². The van der Waals surface area contributed by atoms with Crippen molar-refractivity contribution >= 4 is 17.3 Å². The molecule has 1 N–H and O–H groups in total. The second kappa shape index (κ2) is 9.35. The molecule has 6 nitrogen and oxygen atoms in total. The predicted octanol–water partition coefficient (Wildman–Crippen LogP) is 3.46. The van der Waals surface area contributed by atoms with E-state index in [1.165, 1.54) is 6.42 Å². The zero-order valence-corrected chi connectivity index (χ0v) is 18.1. The van der Waals surface area contributed by atoms with E-state index in [0.717, 1.165) is 42.8 Å². The highest BCUT2D eigenvalue weighted by molar-refractivity contribution is 6.52. The number of fused-ring (bicyclic) bond motifs is 1. The molecular weight excluding hydrogens is 392 g/mol. The summed E-state index contributed by atoms with van der Waals surface area (Å²) in [6.45, 7) is 2.90.